The number of nitrogens with two attached hydrogens (primary N) is 1. The summed E-state index contributed by atoms with van der Waals surface area (Å²) < 4.78 is 30.6. The quantitative estimate of drug-likeness (QED) is 0.556. The van der Waals surface area contributed by atoms with Crippen LogP contribution in [-0.4, -0.2) is 32.4 Å². The van der Waals surface area contributed by atoms with Gasteiger partial charge >= 0.3 is 16.3 Å². The first-order valence-corrected chi connectivity index (χ1v) is 6.84. The van der Waals surface area contributed by atoms with Crippen LogP contribution in [0.25, 0.3) is 0 Å². The third kappa shape index (κ3) is 5.79. The smallest absolute Gasteiger partial charge is 0.333 e. The van der Waals surface area contributed by atoms with Crippen molar-refractivity contribution in [2.24, 2.45) is 5.14 Å². The lowest BCUT2D eigenvalue weighted by molar-refractivity contribution is -0.170. The Morgan fingerprint density at radius 3 is 2.42 bits per heavy atom. The molecule has 0 fully saturated rings. The van der Waals surface area contributed by atoms with Gasteiger partial charge < -0.3 is 9.84 Å². The van der Waals surface area contributed by atoms with Crippen molar-refractivity contribution in [3.05, 3.63) is 35.9 Å². The Bertz CT molecular complexity index is 515. The van der Waals surface area contributed by atoms with Crippen LogP contribution in [0.15, 0.2) is 30.3 Å². The van der Waals surface area contributed by atoms with E-state index in [9.17, 15) is 18.3 Å². The van der Waals surface area contributed by atoms with Gasteiger partial charge in [-0.05, 0) is 5.56 Å². The van der Waals surface area contributed by atoms with E-state index in [0.29, 0.717) is 5.56 Å². The Kier molecular flexibility index (Phi) is 5.43. The fourth-order valence-corrected chi connectivity index (χ4v) is 1.80. The molecule has 0 saturated carbocycles. The molecule has 8 heteroatoms. The van der Waals surface area contributed by atoms with Crippen molar-refractivity contribution in [2.45, 2.75) is 19.1 Å². The zero-order valence-electron chi connectivity index (χ0n) is 10.2. The first-order chi connectivity index (χ1) is 8.79. The van der Waals surface area contributed by atoms with Crippen LogP contribution in [0.5, 0.6) is 0 Å². The Morgan fingerprint density at radius 2 is 1.95 bits per heavy atom. The van der Waals surface area contributed by atoms with Gasteiger partial charge in [0.05, 0.1) is 12.5 Å². The Labute approximate surface area is 111 Å². The van der Waals surface area contributed by atoms with E-state index in [1.54, 1.807) is 30.3 Å². The van der Waals surface area contributed by atoms with E-state index < -0.39 is 35.1 Å². The molecular weight excluding hydrogens is 274 g/mol. The SMILES string of the molecule is CC(=O)OC(O)C(COS(N)(=O)=O)c1ccccc1. The molecule has 3 N–H and O–H groups in total. The molecule has 0 spiro atoms. The van der Waals surface area contributed by atoms with E-state index in [2.05, 4.69) is 8.92 Å². The van der Waals surface area contributed by atoms with Gasteiger partial charge in [0.2, 0.25) is 6.29 Å². The number of hydrogen-bond donors (Lipinski definition) is 2. The average Bonchev–Trinajstić information content (AvgIpc) is 2.28. The van der Waals surface area contributed by atoms with Crippen molar-refractivity contribution in [3.63, 3.8) is 0 Å². The highest BCUT2D eigenvalue weighted by molar-refractivity contribution is 7.84. The lowest BCUT2D eigenvalue weighted by Gasteiger charge is -2.22. The van der Waals surface area contributed by atoms with Gasteiger partial charge in [-0.3, -0.25) is 8.98 Å². The number of rotatable bonds is 6. The molecule has 0 aromatic heterocycles. The van der Waals surface area contributed by atoms with Gasteiger partial charge in [0.1, 0.15) is 0 Å². The minimum Gasteiger partial charge on any atom is -0.435 e. The molecule has 0 saturated heterocycles. The highest BCUT2D eigenvalue weighted by Gasteiger charge is 2.25. The molecule has 0 aliphatic rings. The second-order valence-corrected chi connectivity index (χ2v) is 5.02. The van der Waals surface area contributed by atoms with Crippen LogP contribution in [0.3, 0.4) is 0 Å². The fraction of sp³-hybridized carbons (Fsp3) is 0.364. The number of ether oxygens (including phenoxy) is 1. The van der Waals surface area contributed by atoms with E-state index in [0.717, 1.165) is 6.92 Å². The van der Waals surface area contributed by atoms with Gasteiger partial charge in [0.15, 0.2) is 0 Å². The second-order valence-electron chi connectivity index (χ2n) is 3.79. The summed E-state index contributed by atoms with van der Waals surface area (Å²) in [4.78, 5) is 10.8. The van der Waals surface area contributed by atoms with Crippen LogP contribution >= 0.6 is 0 Å². The van der Waals surface area contributed by atoms with Crippen molar-refractivity contribution < 1.29 is 27.2 Å². The first kappa shape index (κ1) is 15.6. The summed E-state index contributed by atoms with van der Waals surface area (Å²) in [7, 11) is -4.14. The highest BCUT2D eigenvalue weighted by atomic mass is 32.2. The fourth-order valence-electron chi connectivity index (χ4n) is 1.46. The zero-order chi connectivity index (χ0) is 14.5. The molecule has 0 bridgehead atoms. The average molecular weight is 289 g/mol. The van der Waals surface area contributed by atoms with Crippen LogP contribution in [-0.2, 0) is 24.0 Å². The maximum atomic E-state index is 10.8. The standard InChI is InChI=1S/C11H15NO6S/c1-8(13)18-11(14)10(7-17-19(12,15)16)9-5-3-2-4-6-9/h2-6,10-11,14H,7H2,1H3,(H2,12,15,16). The van der Waals surface area contributed by atoms with Crippen LogP contribution in [0.1, 0.15) is 18.4 Å². The number of aliphatic hydroxyl groups excluding tert-OH is 1. The van der Waals surface area contributed by atoms with Crippen LogP contribution < -0.4 is 5.14 Å². The van der Waals surface area contributed by atoms with Crippen LogP contribution in [0.4, 0.5) is 0 Å². The van der Waals surface area contributed by atoms with Crippen molar-refractivity contribution in [1.29, 1.82) is 0 Å². The van der Waals surface area contributed by atoms with Crippen molar-refractivity contribution in [3.8, 4) is 0 Å². The number of benzene rings is 1. The summed E-state index contributed by atoms with van der Waals surface area (Å²) in [5.41, 5.74) is 0.555. The number of hydrogen-bond acceptors (Lipinski definition) is 6. The van der Waals surface area contributed by atoms with Crippen molar-refractivity contribution in [1.82, 2.24) is 0 Å². The van der Waals surface area contributed by atoms with E-state index in [4.69, 9.17) is 5.14 Å². The molecule has 0 amide bonds. The molecule has 19 heavy (non-hydrogen) atoms. The minimum absolute atomic E-state index is 0.433. The summed E-state index contributed by atoms with van der Waals surface area (Å²) in [5, 5.41) is 14.5. The summed E-state index contributed by atoms with van der Waals surface area (Å²) in [6.07, 6.45) is -1.53. The lowest BCUT2D eigenvalue weighted by atomic mass is 10.00. The van der Waals surface area contributed by atoms with Crippen molar-refractivity contribution in [2.75, 3.05) is 6.61 Å². The van der Waals surface area contributed by atoms with Gasteiger partial charge in [-0.1, -0.05) is 30.3 Å². The molecule has 106 valence electrons. The molecular formula is C11H15NO6S. The highest BCUT2D eigenvalue weighted by Crippen LogP contribution is 2.21. The zero-order valence-corrected chi connectivity index (χ0v) is 11.0. The van der Waals surface area contributed by atoms with Gasteiger partial charge in [0.25, 0.3) is 0 Å². The Balaban J connectivity index is 2.88. The molecule has 1 rings (SSSR count). The topological polar surface area (TPSA) is 116 Å². The normalized spacial score (nSPS) is 14.7. The monoisotopic (exact) mass is 289 g/mol. The second kappa shape index (κ2) is 6.62. The van der Waals surface area contributed by atoms with E-state index in [1.165, 1.54) is 0 Å². The molecule has 0 aliphatic heterocycles. The van der Waals surface area contributed by atoms with Crippen LogP contribution in [0.2, 0.25) is 0 Å². The maximum Gasteiger partial charge on any atom is 0.333 e. The number of aliphatic hydroxyl groups is 1. The molecule has 0 heterocycles. The van der Waals surface area contributed by atoms with Crippen molar-refractivity contribution >= 4 is 16.3 Å². The van der Waals surface area contributed by atoms with Gasteiger partial charge in [0, 0.05) is 6.92 Å². The van der Waals surface area contributed by atoms with E-state index in [-0.39, 0.29) is 0 Å². The lowest BCUT2D eigenvalue weighted by Crippen LogP contribution is -2.30. The van der Waals surface area contributed by atoms with Crippen LogP contribution in [0, 0.1) is 0 Å². The van der Waals surface area contributed by atoms with Gasteiger partial charge in [-0.15, -0.1) is 0 Å². The first-order valence-electron chi connectivity index (χ1n) is 5.37. The predicted molar refractivity (Wildman–Crippen MR) is 66.0 cm³/mol. The third-order valence-electron chi connectivity index (χ3n) is 2.27. The van der Waals surface area contributed by atoms with E-state index in [1.807, 2.05) is 0 Å². The minimum atomic E-state index is -4.14. The molecule has 1 aromatic rings. The van der Waals surface area contributed by atoms with Gasteiger partial charge in [-0.25, -0.2) is 5.14 Å². The number of carbonyl (C=O) groups excluding carboxylic acids is 1. The summed E-state index contributed by atoms with van der Waals surface area (Å²) >= 11 is 0. The summed E-state index contributed by atoms with van der Waals surface area (Å²) in [6.45, 7) is 0.698. The van der Waals surface area contributed by atoms with E-state index >= 15 is 0 Å². The largest absolute Gasteiger partial charge is 0.435 e. The summed E-state index contributed by atoms with van der Waals surface area (Å²) in [6, 6.07) is 8.42. The molecule has 0 radical (unpaired) electrons. The summed E-state index contributed by atoms with van der Waals surface area (Å²) in [5.74, 6) is -1.55. The molecule has 2 unspecified atom stereocenters. The third-order valence-corrected chi connectivity index (χ3v) is 2.74. The molecule has 0 aliphatic carbocycles. The molecule has 7 nitrogen and oxygen atoms in total. The Morgan fingerprint density at radius 1 is 1.37 bits per heavy atom. The molecule has 2 atom stereocenters. The number of carbonyl (C=O) groups is 1. The maximum absolute atomic E-state index is 10.8. The Hall–Kier alpha value is -1.48. The molecule has 1 aromatic carbocycles. The van der Waals surface area contributed by atoms with Gasteiger partial charge in [-0.2, -0.15) is 8.42 Å². The predicted octanol–water partition coefficient (Wildman–Crippen LogP) is -0.128. The number of esters is 1.